The number of nitro groups is 1. The van der Waals surface area contributed by atoms with Gasteiger partial charge in [0, 0.05) is 12.1 Å². The highest BCUT2D eigenvalue weighted by Gasteiger charge is 2.36. The molecule has 0 heterocycles. The molecule has 0 aromatic heterocycles. The second-order valence-corrected chi connectivity index (χ2v) is 8.43. The number of hydrogen-bond donors (Lipinski definition) is 0. The molecule has 0 aliphatic heterocycles. The quantitative estimate of drug-likeness (QED) is 0.201. The molecule has 2 aromatic carbocycles. The third-order valence-electron chi connectivity index (χ3n) is 2.27. The number of halogens is 4. The Hall–Kier alpha value is -1.73. The normalized spacial score (nSPS) is 11.3. The van der Waals surface area contributed by atoms with Crippen molar-refractivity contribution in [3.8, 4) is 0 Å². The molecule has 0 fully saturated rings. The van der Waals surface area contributed by atoms with E-state index in [2.05, 4.69) is 12.1 Å². The number of nitrogens with zero attached hydrogens (tertiary/aromatic N) is 1. The van der Waals surface area contributed by atoms with Crippen molar-refractivity contribution in [2.75, 3.05) is 0 Å². The molecule has 0 aliphatic rings. The number of hydrogen-bond acceptors (Lipinski definition) is 5. The summed E-state index contributed by atoms with van der Waals surface area (Å²) in [7, 11) is -6.09. The molecule has 24 heavy (non-hydrogen) atoms. The Bertz CT molecular complexity index is 780. The van der Waals surface area contributed by atoms with E-state index in [-0.39, 0.29) is 31.8 Å². The summed E-state index contributed by atoms with van der Waals surface area (Å²) < 4.78 is 61.4. The van der Waals surface area contributed by atoms with Crippen LogP contribution in [0, 0.1) is 17.3 Å². The van der Waals surface area contributed by atoms with Crippen LogP contribution >= 0.6 is 0 Å². The Balaban J connectivity index is 0.000000307. The average Bonchev–Trinajstić information content (AvgIpc) is 2.47. The lowest BCUT2D eigenvalue weighted by Gasteiger charge is -2.08. The minimum atomic E-state index is -6.09. The Morgan fingerprint density at radius 1 is 0.917 bits per heavy atom. The summed E-state index contributed by atoms with van der Waals surface area (Å²) in [6.45, 7) is 0. The van der Waals surface area contributed by atoms with Crippen molar-refractivity contribution in [1.29, 1.82) is 0 Å². The molecule has 6 nitrogen and oxygen atoms in total. The van der Waals surface area contributed by atoms with Gasteiger partial charge in [0.1, 0.15) is 0 Å². The summed E-state index contributed by atoms with van der Waals surface area (Å²) in [5, 5.41) is 10.5. The maximum atomic E-state index is 10.7. The molecule has 0 bridgehead atoms. The van der Waals surface area contributed by atoms with E-state index in [0.717, 1.165) is 0 Å². The molecule has 0 spiro atoms. The lowest BCUT2D eigenvalue weighted by Crippen LogP contribution is -3.61. The molecule has 0 aliphatic carbocycles. The van der Waals surface area contributed by atoms with E-state index in [1.54, 1.807) is 12.1 Å². The number of nitro benzene ring substituents is 1. The molecular formula is C13H9F3INO5S. The van der Waals surface area contributed by atoms with Crippen LogP contribution in [0.2, 0.25) is 0 Å². The summed E-state index contributed by atoms with van der Waals surface area (Å²) in [6.07, 6.45) is 0. The monoisotopic (exact) mass is 475 g/mol. The largest absolute Gasteiger partial charge is 0.741 e. The van der Waals surface area contributed by atoms with Gasteiger partial charge in [-0.15, -0.1) is 0 Å². The van der Waals surface area contributed by atoms with Gasteiger partial charge in [0.25, 0.3) is 5.69 Å². The Morgan fingerprint density at radius 3 is 1.71 bits per heavy atom. The summed E-state index contributed by atoms with van der Waals surface area (Å²) in [5.74, 6) is 0. The molecule has 11 heteroatoms. The van der Waals surface area contributed by atoms with Crippen LogP contribution in [-0.4, -0.2) is 23.4 Å². The molecule has 0 N–H and O–H groups in total. The lowest BCUT2D eigenvalue weighted by molar-refractivity contribution is -0.597. The van der Waals surface area contributed by atoms with Crippen molar-refractivity contribution in [3.05, 3.63) is 71.9 Å². The molecule has 130 valence electrons. The van der Waals surface area contributed by atoms with Crippen molar-refractivity contribution in [3.63, 3.8) is 0 Å². The molecule has 0 atom stereocenters. The topological polar surface area (TPSA) is 100 Å². The van der Waals surface area contributed by atoms with Crippen molar-refractivity contribution >= 4 is 15.8 Å². The first-order valence-electron chi connectivity index (χ1n) is 5.97. The first-order chi connectivity index (χ1) is 11.0. The molecule has 0 radical (unpaired) electrons. The van der Waals surface area contributed by atoms with Gasteiger partial charge in [0.05, 0.1) is 4.92 Å². The maximum absolute atomic E-state index is 10.7. The lowest BCUT2D eigenvalue weighted by atomic mass is 10.3. The van der Waals surface area contributed by atoms with Crippen LogP contribution in [0.3, 0.4) is 0 Å². The van der Waals surface area contributed by atoms with E-state index >= 15 is 0 Å². The van der Waals surface area contributed by atoms with Crippen LogP contribution in [-0.2, 0) is 10.1 Å². The van der Waals surface area contributed by atoms with Crippen LogP contribution in [0.4, 0.5) is 18.9 Å². The van der Waals surface area contributed by atoms with E-state index in [1.807, 2.05) is 30.3 Å². The van der Waals surface area contributed by atoms with Gasteiger partial charge in [0.15, 0.2) is 17.3 Å². The second-order valence-electron chi connectivity index (χ2n) is 4.02. The third kappa shape index (κ3) is 6.80. The van der Waals surface area contributed by atoms with Crippen LogP contribution in [0.5, 0.6) is 0 Å². The standard InChI is InChI=1S/C12H9INO2.CHF3O3S/c15-14(16)12-8-6-11(7-9-12)13-10-4-2-1-3-5-10;2-1(3,4)8(5,6)7/h1-9H;(H,5,6,7)/q+1;/p-1. The van der Waals surface area contributed by atoms with Crippen LogP contribution < -0.4 is 21.2 Å². The molecule has 0 amide bonds. The Labute approximate surface area is 145 Å². The second kappa shape index (κ2) is 8.39. The minimum absolute atomic E-state index is 0.154. The number of alkyl halides is 3. The molecule has 2 rings (SSSR count). The summed E-state index contributed by atoms with van der Waals surface area (Å²) in [4.78, 5) is 10.1. The van der Waals surface area contributed by atoms with Gasteiger partial charge in [-0.05, 0) is 24.3 Å². The molecule has 0 saturated carbocycles. The van der Waals surface area contributed by atoms with Gasteiger partial charge in [0.2, 0.25) is 0 Å². The fourth-order valence-electron chi connectivity index (χ4n) is 1.23. The fraction of sp³-hybridized carbons (Fsp3) is 0.0769. The zero-order valence-electron chi connectivity index (χ0n) is 11.6. The van der Waals surface area contributed by atoms with Crippen LogP contribution in [0.1, 0.15) is 0 Å². The molecule has 2 aromatic rings. The summed E-state index contributed by atoms with van der Waals surface area (Å²) >= 11 is -0.227. The number of rotatable bonds is 3. The van der Waals surface area contributed by atoms with Gasteiger partial charge in [-0.3, -0.25) is 10.1 Å². The van der Waals surface area contributed by atoms with Crippen molar-refractivity contribution in [2.45, 2.75) is 5.51 Å². The van der Waals surface area contributed by atoms with Gasteiger partial charge in [-0.2, -0.15) is 13.2 Å². The van der Waals surface area contributed by atoms with Crippen molar-refractivity contribution < 1.29 is 52.3 Å². The Morgan fingerprint density at radius 2 is 1.33 bits per heavy atom. The zero-order valence-corrected chi connectivity index (χ0v) is 14.6. The van der Waals surface area contributed by atoms with Crippen LogP contribution in [0.15, 0.2) is 54.6 Å². The fourth-order valence-corrected chi connectivity index (χ4v) is 3.44. The highest BCUT2D eigenvalue weighted by atomic mass is 127. The SMILES string of the molecule is O=S(=O)([O-])C(F)(F)F.O=[N+]([O-])c1ccc([I+]c2ccccc2)cc1. The highest BCUT2D eigenvalue weighted by Crippen LogP contribution is 2.20. The maximum Gasteiger partial charge on any atom is 0.485 e. The number of benzene rings is 2. The number of non-ortho nitro benzene ring substituents is 1. The molecule has 0 unspecified atom stereocenters. The Kier molecular flexibility index (Phi) is 7.10. The first kappa shape index (κ1) is 20.3. The van der Waals surface area contributed by atoms with Crippen LogP contribution in [0.25, 0.3) is 0 Å². The summed E-state index contributed by atoms with van der Waals surface area (Å²) in [6, 6.07) is 17.0. The molecular weight excluding hydrogens is 466 g/mol. The van der Waals surface area contributed by atoms with E-state index in [0.29, 0.717) is 0 Å². The predicted molar refractivity (Wildman–Crippen MR) is 72.7 cm³/mol. The van der Waals surface area contributed by atoms with Gasteiger partial charge < -0.3 is 4.55 Å². The van der Waals surface area contributed by atoms with E-state index in [9.17, 15) is 23.3 Å². The summed E-state index contributed by atoms with van der Waals surface area (Å²) in [5.41, 5.74) is -5.49. The van der Waals surface area contributed by atoms with Crippen molar-refractivity contribution in [1.82, 2.24) is 0 Å². The smallest absolute Gasteiger partial charge is 0.485 e. The van der Waals surface area contributed by atoms with Gasteiger partial charge in [-0.25, -0.2) is 8.42 Å². The van der Waals surface area contributed by atoms with Crippen molar-refractivity contribution in [2.24, 2.45) is 0 Å². The zero-order chi connectivity index (χ0) is 18.4. The highest BCUT2D eigenvalue weighted by molar-refractivity contribution is 7.86. The van der Waals surface area contributed by atoms with Gasteiger partial charge >= 0.3 is 26.7 Å². The predicted octanol–water partition coefficient (Wildman–Crippen LogP) is -0.225. The average molecular weight is 475 g/mol. The van der Waals surface area contributed by atoms with E-state index in [1.165, 1.54) is 7.14 Å². The third-order valence-corrected chi connectivity index (χ3v) is 5.52. The minimum Gasteiger partial charge on any atom is -0.741 e. The van der Waals surface area contributed by atoms with E-state index < -0.39 is 15.6 Å². The first-order valence-corrected chi connectivity index (χ1v) is 9.54. The van der Waals surface area contributed by atoms with E-state index in [4.69, 9.17) is 13.0 Å². The van der Waals surface area contributed by atoms with Gasteiger partial charge in [-0.1, -0.05) is 18.2 Å². The molecule has 0 saturated heterocycles.